The Labute approximate surface area is 277 Å². The van der Waals surface area contributed by atoms with Crippen LogP contribution >= 0.6 is 0 Å². The van der Waals surface area contributed by atoms with Crippen LogP contribution in [0, 0.1) is 0 Å². The number of hydrogen-bond donors (Lipinski definition) is 2. The molecule has 258 valence electrons. The molecule has 0 fully saturated rings. The smallest absolute Gasteiger partial charge is 0.0350 e. The lowest BCUT2D eigenvalue weighted by molar-refractivity contribution is 0.528. The van der Waals surface area contributed by atoms with E-state index in [1.54, 1.807) is 0 Å². The van der Waals surface area contributed by atoms with Crippen LogP contribution in [0.4, 0.5) is 11.4 Å². The maximum Gasteiger partial charge on any atom is 0.0350 e. The van der Waals surface area contributed by atoms with Crippen molar-refractivity contribution < 1.29 is 0 Å². The van der Waals surface area contributed by atoms with Gasteiger partial charge in [-0.25, -0.2) is 0 Å². The first kappa shape index (κ1) is 40.8. The third-order valence-corrected chi connectivity index (χ3v) is 10.1. The normalized spacial score (nSPS) is 11.5. The number of nitrogens with two attached hydrogens (primary N) is 2. The number of unbranched alkanes of at least 4 members (excludes halogenated alkanes) is 30. The molecule has 0 saturated heterocycles. The molecule has 4 N–H and O–H groups in total. The lowest BCUT2D eigenvalue weighted by atomic mass is 9.93. The van der Waals surface area contributed by atoms with Gasteiger partial charge in [0.15, 0.2) is 0 Å². The third kappa shape index (κ3) is 24.1. The van der Waals surface area contributed by atoms with E-state index in [1.807, 2.05) is 12.1 Å². The molecule has 0 aliphatic heterocycles. The van der Waals surface area contributed by atoms with Crippen LogP contribution in [0.15, 0.2) is 12.1 Å². The summed E-state index contributed by atoms with van der Waals surface area (Å²) in [5, 5.41) is 0. The lowest BCUT2D eigenvalue weighted by Crippen LogP contribution is -2.05. The average molecular weight is 613 g/mol. The van der Waals surface area contributed by atoms with Crippen LogP contribution in [0.3, 0.4) is 0 Å². The molecule has 0 unspecified atom stereocenters. The van der Waals surface area contributed by atoms with Gasteiger partial charge in [-0.1, -0.05) is 206 Å². The van der Waals surface area contributed by atoms with Crippen LogP contribution in [-0.4, -0.2) is 0 Å². The van der Waals surface area contributed by atoms with Gasteiger partial charge >= 0.3 is 0 Å². The van der Waals surface area contributed by atoms with Gasteiger partial charge in [0, 0.05) is 11.4 Å². The zero-order chi connectivity index (χ0) is 31.8. The van der Waals surface area contributed by atoms with Crippen LogP contribution in [0.1, 0.15) is 230 Å². The maximum absolute atomic E-state index is 6.46. The molecule has 0 aromatic heterocycles. The first-order chi connectivity index (χ1) is 21.7. The third-order valence-electron chi connectivity index (χ3n) is 10.1. The van der Waals surface area contributed by atoms with Crippen molar-refractivity contribution in [2.24, 2.45) is 0 Å². The molecule has 0 amide bonds. The van der Waals surface area contributed by atoms with Crippen molar-refractivity contribution in [3.8, 4) is 0 Å². The molecule has 44 heavy (non-hydrogen) atoms. The SMILES string of the molecule is CCCCCCCCCCCCCCCCCCc1c(N)ccc(N)c1CCCCCCCCCCCCCCCCCC. The van der Waals surface area contributed by atoms with Crippen molar-refractivity contribution in [1.29, 1.82) is 0 Å². The summed E-state index contributed by atoms with van der Waals surface area (Å²) in [6, 6.07) is 4.07. The van der Waals surface area contributed by atoms with E-state index < -0.39 is 0 Å². The first-order valence-corrected chi connectivity index (χ1v) is 20.4. The second kappa shape index (κ2) is 31.8. The summed E-state index contributed by atoms with van der Waals surface area (Å²) >= 11 is 0. The topological polar surface area (TPSA) is 52.0 Å². The van der Waals surface area contributed by atoms with Crippen molar-refractivity contribution >= 4 is 11.4 Å². The summed E-state index contributed by atoms with van der Waals surface area (Å²) in [6.07, 6.45) is 47.4. The predicted octanol–water partition coefficient (Wildman–Crippen LogP) is 14.5. The van der Waals surface area contributed by atoms with Gasteiger partial charge in [0.2, 0.25) is 0 Å². The van der Waals surface area contributed by atoms with Crippen molar-refractivity contribution in [3.63, 3.8) is 0 Å². The molecule has 1 aromatic carbocycles. The van der Waals surface area contributed by atoms with E-state index in [0.717, 1.165) is 24.2 Å². The summed E-state index contributed by atoms with van der Waals surface area (Å²) in [4.78, 5) is 0. The monoisotopic (exact) mass is 613 g/mol. The molecule has 2 heteroatoms. The fraction of sp³-hybridized carbons (Fsp3) is 0.857. The summed E-state index contributed by atoms with van der Waals surface area (Å²) in [5.41, 5.74) is 17.6. The Morgan fingerprint density at radius 1 is 0.295 bits per heavy atom. The minimum absolute atomic E-state index is 0.964. The Morgan fingerprint density at radius 2 is 0.477 bits per heavy atom. The van der Waals surface area contributed by atoms with E-state index in [0.29, 0.717) is 0 Å². The molecule has 0 aliphatic rings. The maximum atomic E-state index is 6.46. The van der Waals surface area contributed by atoms with Crippen molar-refractivity contribution in [2.75, 3.05) is 11.5 Å². The fourth-order valence-electron chi connectivity index (χ4n) is 7.02. The number of anilines is 2. The Balaban J connectivity index is 2.02. The largest absolute Gasteiger partial charge is 0.398 e. The second-order valence-corrected chi connectivity index (χ2v) is 14.3. The predicted molar refractivity (Wildman–Crippen MR) is 202 cm³/mol. The Bertz CT molecular complexity index is 666. The quantitative estimate of drug-likeness (QED) is 0.0601. The molecular formula is C42H80N2. The second-order valence-electron chi connectivity index (χ2n) is 14.3. The van der Waals surface area contributed by atoms with Gasteiger partial charge in [0.1, 0.15) is 0 Å². The number of rotatable bonds is 34. The highest BCUT2D eigenvalue weighted by molar-refractivity contribution is 5.62. The van der Waals surface area contributed by atoms with Gasteiger partial charge in [0.05, 0.1) is 0 Å². The van der Waals surface area contributed by atoms with Crippen molar-refractivity contribution in [3.05, 3.63) is 23.3 Å². The molecule has 0 radical (unpaired) electrons. The highest BCUT2D eigenvalue weighted by atomic mass is 14.6. The molecule has 0 spiro atoms. The summed E-state index contributed by atoms with van der Waals surface area (Å²) in [7, 11) is 0. The Kier molecular flexibility index (Phi) is 29.5. The highest BCUT2D eigenvalue weighted by Gasteiger charge is 2.10. The van der Waals surface area contributed by atoms with E-state index >= 15 is 0 Å². The molecule has 1 aromatic rings. The molecular weight excluding hydrogens is 532 g/mol. The van der Waals surface area contributed by atoms with Crippen LogP contribution < -0.4 is 11.5 Å². The zero-order valence-corrected chi connectivity index (χ0v) is 30.4. The van der Waals surface area contributed by atoms with Crippen LogP contribution in [0.2, 0.25) is 0 Å². The van der Waals surface area contributed by atoms with E-state index in [9.17, 15) is 0 Å². The van der Waals surface area contributed by atoms with Crippen molar-refractivity contribution in [1.82, 2.24) is 0 Å². The van der Waals surface area contributed by atoms with E-state index in [4.69, 9.17) is 11.5 Å². The van der Waals surface area contributed by atoms with Gasteiger partial charge in [-0.3, -0.25) is 0 Å². The van der Waals surface area contributed by atoms with Gasteiger partial charge in [-0.05, 0) is 48.9 Å². The standard InChI is InChI=1S/C42H80N2/c1-3-5-7-9-11-13-15-17-19-21-23-25-27-29-31-33-35-39-40(42(44)38-37-41(39)43)36-34-32-30-28-26-24-22-20-18-16-14-12-10-8-6-4-2/h37-38H,3-36,43-44H2,1-2H3. The lowest BCUT2D eigenvalue weighted by Gasteiger charge is -2.15. The highest BCUT2D eigenvalue weighted by Crippen LogP contribution is 2.28. The minimum Gasteiger partial charge on any atom is -0.398 e. The molecule has 0 bridgehead atoms. The van der Waals surface area contributed by atoms with Gasteiger partial charge in [-0.15, -0.1) is 0 Å². The van der Waals surface area contributed by atoms with E-state index in [1.165, 1.54) is 217 Å². The van der Waals surface area contributed by atoms with Gasteiger partial charge < -0.3 is 11.5 Å². The number of nitrogen functional groups attached to an aromatic ring is 2. The van der Waals surface area contributed by atoms with Crippen molar-refractivity contribution in [2.45, 2.75) is 232 Å². The van der Waals surface area contributed by atoms with Gasteiger partial charge in [0.25, 0.3) is 0 Å². The van der Waals surface area contributed by atoms with E-state index in [-0.39, 0.29) is 0 Å². The van der Waals surface area contributed by atoms with Crippen LogP contribution in [0.5, 0.6) is 0 Å². The minimum atomic E-state index is 0.964. The number of benzene rings is 1. The molecule has 0 atom stereocenters. The average Bonchev–Trinajstić information content (AvgIpc) is 3.03. The Morgan fingerprint density at radius 3 is 0.682 bits per heavy atom. The van der Waals surface area contributed by atoms with Crippen LogP contribution in [0.25, 0.3) is 0 Å². The van der Waals surface area contributed by atoms with E-state index in [2.05, 4.69) is 13.8 Å². The summed E-state index contributed by atoms with van der Waals surface area (Å²) in [6.45, 7) is 4.60. The fourth-order valence-corrected chi connectivity index (χ4v) is 7.02. The molecule has 0 saturated carbocycles. The van der Waals surface area contributed by atoms with Gasteiger partial charge in [-0.2, -0.15) is 0 Å². The molecule has 2 nitrogen and oxygen atoms in total. The Hall–Kier alpha value is -1.18. The van der Waals surface area contributed by atoms with Crippen LogP contribution in [-0.2, 0) is 12.8 Å². The summed E-state index contributed by atoms with van der Waals surface area (Å²) in [5.74, 6) is 0. The first-order valence-electron chi connectivity index (χ1n) is 20.4. The molecule has 1 rings (SSSR count). The summed E-state index contributed by atoms with van der Waals surface area (Å²) < 4.78 is 0. The molecule has 0 heterocycles. The number of hydrogen-bond acceptors (Lipinski definition) is 2. The zero-order valence-electron chi connectivity index (χ0n) is 30.4. The molecule has 0 aliphatic carbocycles.